The molecule has 0 bridgehead atoms. The summed E-state index contributed by atoms with van der Waals surface area (Å²) in [7, 11) is 2.23. The first-order valence-electron chi connectivity index (χ1n) is 5.19. The normalized spacial score (nSPS) is 15.9. The zero-order valence-corrected chi connectivity index (χ0v) is 11.9. The van der Waals surface area contributed by atoms with Gasteiger partial charge in [0.2, 0.25) is 0 Å². The molecule has 0 spiro atoms. The van der Waals surface area contributed by atoms with Crippen LogP contribution < -0.4 is 5.73 Å². The Bertz CT molecular complexity index is 355. The molecule has 0 aliphatic heterocycles. The summed E-state index contributed by atoms with van der Waals surface area (Å²) in [6, 6.07) is 7.53. The average Bonchev–Trinajstić information content (AvgIpc) is 2.12. The van der Waals surface area contributed by atoms with Gasteiger partial charge >= 0.3 is 0 Å². The molecular weight excluding hydrogens is 240 g/mol. The largest absolute Gasteiger partial charge is 0.325 e. The summed E-state index contributed by atoms with van der Waals surface area (Å²) in [5, 5.41) is -1.39. The fourth-order valence-corrected chi connectivity index (χ4v) is 2.74. The van der Waals surface area contributed by atoms with Gasteiger partial charge in [0, 0.05) is 21.8 Å². The van der Waals surface area contributed by atoms with Crippen LogP contribution in [0.5, 0.6) is 0 Å². The lowest BCUT2D eigenvalue weighted by Gasteiger charge is -2.22. The molecule has 0 saturated carbocycles. The van der Waals surface area contributed by atoms with Crippen molar-refractivity contribution < 1.29 is 4.39 Å². The Kier molecular flexibility index (Phi) is 4.39. The summed E-state index contributed by atoms with van der Waals surface area (Å²) in [4.78, 5) is 0.959. The van der Waals surface area contributed by atoms with Gasteiger partial charge in [-0.15, -0.1) is 11.8 Å². The summed E-state index contributed by atoms with van der Waals surface area (Å²) < 4.78 is 13.9. The molecule has 1 rings (SSSR count). The van der Waals surface area contributed by atoms with E-state index in [1.807, 2.05) is 38.1 Å². The molecule has 0 amide bonds. The average molecular weight is 259 g/mol. The first-order chi connectivity index (χ1) is 7.20. The van der Waals surface area contributed by atoms with Crippen LogP contribution in [-0.2, 0) is 5.41 Å². The molecule has 2 N–H and O–H groups in total. The summed E-state index contributed by atoms with van der Waals surface area (Å²) in [6.45, 7) is 5.49. The number of hydrogen-bond acceptors (Lipinski definition) is 2. The van der Waals surface area contributed by atoms with Gasteiger partial charge in [-0.05, 0) is 26.8 Å². The van der Waals surface area contributed by atoms with E-state index >= 15 is 0 Å². The second-order valence-corrected chi connectivity index (χ2v) is 6.95. The second-order valence-electron chi connectivity index (χ2n) is 4.85. The van der Waals surface area contributed by atoms with E-state index in [0.717, 1.165) is 10.6 Å². The zero-order valence-electron chi connectivity index (χ0n) is 9.96. The van der Waals surface area contributed by atoms with Crippen molar-refractivity contribution in [3.05, 3.63) is 29.8 Å². The molecule has 1 nitrogen and oxygen atoms in total. The van der Waals surface area contributed by atoms with Gasteiger partial charge in [-0.2, -0.15) is 0 Å². The molecule has 2 unspecified atom stereocenters. The number of benzene rings is 1. The minimum Gasteiger partial charge on any atom is -0.325 e. The van der Waals surface area contributed by atoms with Gasteiger partial charge in [0.25, 0.3) is 0 Å². The molecule has 0 heterocycles. The van der Waals surface area contributed by atoms with E-state index < -0.39 is 5.41 Å². The summed E-state index contributed by atoms with van der Waals surface area (Å²) in [5.74, 6) is 0.769. The molecule has 0 saturated heterocycles. The van der Waals surface area contributed by atoms with Crippen molar-refractivity contribution in [2.24, 2.45) is 5.73 Å². The Morgan fingerprint density at radius 3 is 2.38 bits per heavy atom. The highest BCUT2D eigenvalue weighted by atomic mass is 32.2. The van der Waals surface area contributed by atoms with Crippen LogP contribution in [0, 0.1) is 0 Å². The number of thioether (sulfide) groups is 1. The highest BCUT2D eigenvalue weighted by Crippen LogP contribution is 2.39. The highest BCUT2D eigenvalue weighted by Gasteiger charge is 2.23. The van der Waals surface area contributed by atoms with Crippen LogP contribution in [0.2, 0.25) is 0 Å². The van der Waals surface area contributed by atoms with E-state index in [4.69, 9.17) is 5.73 Å². The maximum Gasteiger partial charge on any atom is 0.146 e. The summed E-state index contributed by atoms with van der Waals surface area (Å²) >= 11 is 1.60. The molecule has 4 heteroatoms. The lowest BCUT2D eigenvalue weighted by atomic mass is 10.1. The molecule has 0 fully saturated rings. The third-order valence-corrected chi connectivity index (χ3v) is 3.88. The zero-order chi connectivity index (χ0) is 12.4. The van der Waals surface area contributed by atoms with Crippen molar-refractivity contribution in [2.45, 2.75) is 36.6 Å². The molecule has 0 aliphatic rings. The van der Waals surface area contributed by atoms with Crippen molar-refractivity contribution in [1.82, 2.24) is 0 Å². The number of nitrogens with two attached hydrogens (primary N) is 1. The Hall–Kier alpha value is -0.110. The number of hydrogen-bond donors (Lipinski definition) is 1. The Balaban J connectivity index is 2.88. The fourth-order valence-electron chi connectivity index (χ4n) is 1.26. The quantitative estimate of drug-likeness (QED) is 0.661. The first kappa shape index (κ1) is 14.0. The van der Waals surface area contributed by atoms with Gasteiger partial charge < -0.3 is 5.73 Å². The van der Waals surface area contributed by atoms with Crippen LogP contribution in [0.1, 0.15) is 26.3 Å². The van der Waals surface area contributed by atoms with E-state index in [2.05, 4.69) is 9.24 Å². The molecular formula is C12H19FNPS. The number of alkyl halides is 1. The van der Waals surface area contributed by atoms with Gasteiger partial charge in [-0.1, -0.05) is 27.4 Å². The monoisotopic (exact) mass is 259 g/mol. The third-order valence-electron chi connectivity index (χ3n) is 2.01. The van der Waals surface area contributed by atoms with E-state index in [0.29, 0.717) is 5.56 Å². The maximum atomic E-state index is 13.9. The van der Waals surface area contributed by atoms with Crippen molar-refractivity contribution >= 4 is 21.0 Å². The Labute approximate surface area is 104 Å². The standard InChI is InChI=1S/C12H19FNPS/c1-11(2,14)8-16-10-7-5-4-6-9(10)12(3,13)15/h4-7H,8,14-15H2,1-3H3. The molecule has 0 aromatic heterocycles. The van der Waals surface area contributed by atoms with Crippen LogP contribution in [0.15, 0.2) is 29.2 Å². The highest BCUT2D eigenvalue weighted by molar-refractivity contribution is 7.99. The van der Waals surface area contributed by atoms with Crippen molar-refractivity contribution in [2.75, 3.05) is 5.75 Å². The van der Waals surface area contributed by atoms with Gasteiger partial charge in [-0.3, -0.25) is 0 Å². The lowest BCUT2D eigenvalue weighted by molar-refractivity contribution is 0.319. The summed E-state index contributed by atoms with van der Waals surface area (Å²) in [5.41, 5.74) is 6.38. The molecule has 90 valence electrons. The van der Waals surface area contributed by atoms with E-state index in [-0.39, 0.29) is 5.54 Å². The molecule has 2 atom stereocenters. The van der Waals surface area contributed by atoms with E-state index in [1.54, 1.807) is 18.7 Å². The fraction of sp³-hybridized carbons (Fsp3) is 0.500. The van der Waals surface area contributed by atoms with Crippen LogP contribution in [0.4, 0.5) is 4.39 Å². The van der Waals surface area contributed by atoms with Gasteiger partial charge in [0.15, 0.2) is 0 Å². The number of rotatable bonds is 4. The van der Waals surface area contributed by atoms with Crippen LogP contribution in [0.25, 0.3) is 0 Å². The van der Waals surface area contributed by atoms with Crippen molar-refractivity contribution in [3.8, 4) is 0 Å². The predicted octanol–water partition coefficient (Wildman–Crippen LogP) is 3.53. The first-order valence-corrected chi connectivity index (χ1v) is 6.75. The smallest absolute Gasteiger partial charge is 0.146 e. The van der Waals surface area contributed by atoms with E-state index in [9.17, 15) is 4.39 Å². The minimum atomic E-state index is -1.39. The van der Waals surface area contributed by atoms with Crippen molar-refractivity contribution in [1.29, 1.82) is 0 Å². The molecule has 0 aliphatic carbocycles. The molecule has 0 radical (unpaired) electrons. The molecule has 16 heavy (non-hydrogen) atoms. The molecule has 1 aromatic rings. The SMILES string of the molecule is CC(C)(N)CSc1ccccc1C(C)(F)P. The van der Waals surface area contributed by atoms with Crippen LogP contribution in [0.3, 0.4) is 0 Å². The van der Waals surface area contributed by atoms with Crippen LogP contribution >= 0.6 is 21.0 Å². The maximum absolute atomic E-state index is 13.9. The lowest BCUT2D eigenvalue weighted by Crippen LogP contribution is -2.34. The third kappa shape index (κ3) is 4.40. The van der Waals surface area contributed by atoms with Gasteiger partial charge in [0.1, 0.15) is 5.41 Å². The second kappa shape index (κ2) is 5.03. The molecule has 1 aromatic carbocycles. The minimum absolute atomic E-state index is 0.245. The number of halogens is 1. The van der Waals surface area contributed by atoms with Crippen molar-refractivity contribution in [3.63, 3.8) is 0 Å². The van der Waals surface area contributed by atoms with Gasteiger partial charge in [-0.25, -0.2) is 4.39 Å². The summed E-state index contributed by atoms with van der Waals surface area (Å²) in [6.07, 6.45) is 0. The predicted molar refractivity (Wildman–Crippen MR) is 73.6 cm³/mol. The Morgan fingerprint density at radius 2 is 1.88 bits per heavy atom. The Morgan fingerprint density at radius 1 is 1.31 bits per heavy atom. The topological polar surface area (TPSA) is 26.0 Å². The van der Waals surface area contributed by atoms with E-state index in [1.165, 1.54) is 0 Å². The van der Waals surface area contributed by atoms with Gasteiger partial charge in [0.05, 0.1) is 0 Å². The van der Waals surface area contributed by atoms with Crippen LogP contribution in [-0.4, -0.2) is 11.3 Å².